The van der Waals surface area contributed by atoms with Crippen LogP contribution in [0.4, 0.5) is 0 Å². The summed E-state index contributed by atoms with van der Waals surface area (Å²) < 4.78 is 0. The van der Waals surface area contributed by atoms with E-state index in [9.17, 15) is 0 Å². The van der Waals surface area contributed by atoms with E-state index >= 15 is 0 Å². The minimum Gasteiger partial charge on any atom is 0 e. The molecule has 0 aliphatic heterocycles. The van der Waals surface area contributed by atoms with E-state index in [1.54, 1.807) is 0 Å². The van der Waals surface area contributed by atoms with Gasteiger partial charge in [-0.2, -0.15) is 0 Å². The zero-order valence-corrected chi connectivity index (χ0v) is 14.0. The van der Waals surface area contributed by atoms with Gasteiger partial charge < -0.3 is 0 Å². The fourth-order valence-corrected chi connectivity index (χ4v) is 0. The molecule has 0 bridgehead atoms. The van der Waals surface area contributed by atoms with Crippen molar-refractivity contribution in [1.82, 2.24) is 0 Å². The van der Waals surface area contributed by atoms with Crippen LogP contribution in [-0.2, 0) is 63.8 Å². The Hall–Kier alpha value is 2.99. The molecule has 4 heavy (non-hydrogen) atoms. The summed E-state index contributed by atoms with van der Waals surface area (Å²) in [5.41, 5.74) is 0. The quantitative estimate of drug-likeness (QED) is 0.443. The van der Waals surface area contributed by atoms with E-state index in [1.165, 1.54) is 0 Å². The van der Waals surface area contributed by atoms with Crippen molar-refractivity contribution in [3.63, 3.8) is 0 Å². The summed E-state index contributed by atoms with van der Waals surface area (Å²) in [7, 11) is 0. The summed E-state index contributed by atoms with van der Waals surface area (Å²) in [5.74, 6) is 0. The maximum absolute atomic E-state index is 0. The summed E-state index contributed by atoms with van der Waals surface area (Å²) in [5, 5.41) is 0. The second-order valence-electron chi connectivity index (χ2n) is 0. The van der Waals surface area contributed by atoms with Gasteiger partial charge in [-0.1, -0.05) is 0 Å². The van der Waals surface area contributed by atoms with Crippen LogP contribution in [0.2, 0.25) is 0 Å². The van der Waals surface area contributed by atoms with E-state index in [1.807, 2.05) is 0 Å². The van der Waals surface area contributed by atoms with Gasteiger partial charge in [-0.3, -0.25) is 0 Å². The molecule has 0 fully saturated rings. The largest absolute Gasteiger partial charge is 2.00 e. The number of hydrogen-bond donors (Lipinski definition) is 0. The third-order valence-corrected chi connectivity index (χ3v) is 0. The van der Waals surface area contributed by atoms with E-state index in [0.29, 0.717) is 0 Å². The molecule has 0 heterocycles. The second-order valence-corrected chi connectivity index (χ2v) is 0. The Morgan fingerprint density at radius 3 is 1.00 bits per heavy atom. The normalized spacial score (nSPS) is 0. The first kappa shape index (κ1) is 28.1. The third-order valence-electron chi connectivity index (χ3n) is 0. The van der Waals surface area contributed by atoms with Crippen molar-refractivity contribution in [2.45, 2.75) is 0 Å². The van der Waals surface area contributed by atoms with Crippen molar-refractivity contribution in [2.75, 3.05) is 0 Å². The van der Waals surface area contributed by atoms with Gasteiger partial charge in [-0.25, -0.2) is 0 Å². The first-order chi connectivity index (χ1) is 0. The molecule has 0 aromatic carbocycles. The van der Waals surface area contributed by atoms with Gasteiger partial charge in [0, 0.05) is 27.3 Å². The Balaban J connectivity index is 0. The zero-order valence-electron chi connectivity index (χ0n) is 2.22. The molecule has 0 saturated heterocycles. The minimum atomic E-state index is 0. The third kappa shape index (κ3) is 8.89. The van der Waals surface area contributed by atoms with Gasteiger partial charge in [0.15, 0.2) is 0 Å². The van der Waals surface area contributed by atoms with Crippen molar-refractivity contribution in [2.24, 2.45) is 0 Å². The molecule has 0 saturated carbocycles. The maximum atomic E-state index is 0. The Morgan fingerprint density at radius 1 is 1.00 bits per heavy atom. The van der Waals surface area contributed by atoms with Crippen LogP contribution in [0.15, 0.2) is 0 Å². The first-order valence-electron chi connectivity index (χ1n) is 0. The van der Waals surface area contributed by atoms with Gasteiger partial charge in [0.05, 0.1) is 0 Å². The smallest absolute Gasteiger partial charge is 0 e. The van der Waals surface area contributed by atoms with Crippen LogP contribution < -0.4 is 0 Å². The van der Waals surface area contributed by atoms with Gasteiger partial charge in [-0.15, -0.1) is 0 Å². The predicted molar refractivity (Wildman–Crippen MR) is 5.75 cm³/mol. The SMILES string of the molecule is [Cd+2].[Cu+].[Pb].[Zn+2]. The molecule has 0 aromatic rings. The molecular formula is CdCuPbZn+5. The first-order valence-corrected chi connectivity index (χ1v) is 0. The Labute approximate surface area is 89.4 Å². The molecule has 4 radical (unpaired) electrons. The minimum absolute atomic E-state index is 0. The molecule has 0 spiro atoms. The van der Waals surface area contributed by atoms with Gasteiger partial charge in [0.2, 0.25) is 0 Å². The van der Waals surface area contributed by atoms with Crippen molar-refractivity contribution < 1.29 is 63.8 Å². The van der Waals surface area contributed by atoms with E-state index in [-0.39, 0.29) is 91.1 Å². The van der Waals surface area contributed by atoms with Crippen molar-refractivity contribution in [1.29, 1.82) is 0 Å². The second kappa shape index (κ2) is 16.7. The van der Waals surface area contributed by atoms with Gasteiger partial charge in [0.1, 0.15) is 0 Å². The number of hydrogen-bond acceptors (Lipinski definition) is 0. The van der Waals surface area contributed by atoms with Crippen LogP contribution in [0.5, 0.6) is 0 Å². The van der Waals surface area contributed by atoms with Crippen molar-refractivity contribution >= 4 is 27.3 Å². The van der Waals surface area contributed by atoms with Crippen LogP contribution >= 0.6 is 0 Å². The van der Waals surface area contributed by atoms with Gasteiger partial charge in [-0.05, 0) is 0 Å². The number of rotatable bonds is 0. The average molecular weight is 449 g/mol. The Bertz CT molecular complexity index is 8.00. The van der Waals surface area contributed by atoms with Gasteiger partial charge in [0.25, 0.3) is 0 Å². The predicted octanol–water partition coefficient (Wildman–Crippen LogP) is -0.388. The summed E-state index contributed by atoms with van der Waals surface area (Å²) >= 11 is 0. The summed E-state index contributed by atoms with van der Waals surface area (Å²) in [6.07, 6.45) is 0. The molecule has 14 valence electrons. The van der Waals surface area contributed by atoms with Gasteiger partial charge >= 0.3 is 63.8 Å². The molecule has 0 nitrogen and oxygen atoms in total. The van der Waals surface area contributed by atoms with Crippen LogP contribution in [0.1, 0.15) is 0 Å². The topological polar surface area (TPSA) is 0 Å². The molecule has 0 aliphatic carbocycles. The summed E-state index contributed by atoms with van der Waals surface area (Å²) in [6.45, 7) is 0. The summed E-state index contributed by atoms with van der Waals surface area (Å²) in [6, 6.07) is 0. The van der Waals surface area contributed by atoms with Crippen molar-refractivity contribution in [3.05, 3.63) is 0 Å². The van der Waals surface area contributed by atoms with E-state index in [0.717, 1.165) is 0 Å². The molecule has 0 unspecified atom stereocenters. The molecule has 4 heteroatoms. The average Bonchev–Trinajstić information content (AvgIpc) is 0. The fraction of sp³-hybridized carbons (Fsp3) is 0. The van der Waals surface area contributed by atoms with E-state index < -0.39 is 0 Å². The monoisotopic (exact) mass is 449 g/mol. The molecule has 0 atom stereocenters. The molecule has 0 amide bonds. The molecular weight excluding hydrogens is 449 g/mol. The van der Waals surface area contributed by atoms with Crippen LogP contribution in [0.25, 0.3) is 0 Å². The Morgan fingerprint density at radius 2 is 1.00 bits per heavy atom. The molecule has 0 N–H and O–H groups in total. The summed E-state index contributed by atoms with van der Waals surface area (Å²) in [4.78, 5) is 0. The van der Waals surface area contributed by atoms with Crippen LogP contribution in [0.3, 0.4) is 0 Å². The standard InChI is InChI=1S/Cd.Cu.Pb.Zn/q+2;+1;;+2. The molecule has 0 rings (SSSR count). The Kier molecular flexibility index (Phi) is 117. The van der Waals surface area contributed by atoms with E-state index in [2.05, 4.69) is 0 Å². The molecule has 0 aromatic heterocycles. The molecule has 0 aliphatic rings. The van der Waals surface area contributed by atoms with Crippen LogP contribution in [-0.4, -0.2) is 27.3 Å². The van der Waals surface area contributed by atoms with Crippen LogP contribution in [0, 0.1) is 0 Å². The van der Waals surface area contributed by atoms with Crippen molar-refractivity contribution in [3.8, 4) is 0 Å². The zero-order chi connectivity index (χ0) is 0. The maximum Gasteiger partial charge on any atom is 2.00 e. The fourth-order valence-electron chi connectivity index (χ4n) is 0. The van der Waals surface area contributed by atoms with E-state index in [4.69, 9.17) is 0 Å².